The number of halogens is 2. The molecule has 4 rings (SSSR count). The molecule has 44 heavy (non-hydrogen) atoms. The standard InChI is InChI=1S/C27H38F2N5O9P/c1-16(2)41-24(37)17(3)32-44(39,43-18-9-6-5-7-10-18)40-15-20-22(35)27(28,29)25(42-20)34-14-12-21(31-26(34)38)30-23(36)19-11-8-13-33(19)4/h5-7,9-10,12,14,16-17,19-20,22,25,32,35,39,44H,8,11,13,15H2,1-4H3,(H,30,31,36,38)/t17-,19-,20+,22+,25+/m0/s1. The molecule has 0 aliphatic carbocycles. The number of likely N-dealkylation sites (tertiary alicyclic amines) is 1. The predicted octanol–water partition coefficient (Wildman–Crippen LogP) is 1.60. The van der Waals surface area contributed by atoms with Gasteiger partial charge < -0.3 is 0 Å². The topological polar surface area (TPSA) is 174 Å². The first-order chi connectivity index (χ1) is 20.7. The minimum absolute atomic E-state index is 0.122. The third-order valence-electron chi connectivity index (χ3n) is 7.08. The van der Waals surface area contributed by atoms with Crippen LogP contribution in [0, 0.1) is 0 Å². The van der Waals surface area contributed by atoms with E-state index in [4.69, 9.17) is 18.5 Å². The summed E-state index contributed by atoms with van der Waals surface area (Å²) in [4.78, 5) is 54.5. The molecule has 1 amide bonds. The van der Waals surface area contributed by atoms with Crippen LogP contribution in [-0.4, -0.2) is 92.8 Å². The molecule has 17 heteroatoms. The number of alkyl halides is 2. The van der Waals surface area contributed by atoms with E-state index in [1.807, 2.05) is 4.90 Å². The molecule has 14 nitrogen and oxygen atoms in total. The molecule has 2 aromatic rings. The van der Waals surface area contributed by atoms with Crippen molar-refractivity contribution in [2.24, 2.45) is 0 Å². The van der Waals surface area contributed by atoms with E-state index >= 15 is 8.78 Å². The van der Waals surface area contributed by atoms with Gasteiger partial charge in [-0.05, 0) is 26.4 Å². The van der Waals surface area contributed by atoms with Gasteiger partial charge in [-0.2, -0.15) is 0 Å². The first-order valence-electron chi connectivity index (χ1n) is 14.1. The second kappa shape index (κ2) is 13.9. The number of aliphatic hydroxyl groups is 1. The monoisotopic (exact) mass is 645 g/mol. The van der Waals surface area contributed by atoms with Crippen LogP contribution < -0.4 is 20.6 Å². The number of likely N-dealkylation sites (N-methyl/N-ethyl adjacent to an activating group) is 1. The van der Waals surface area contributed by atoms with Gasteiger partial charge in [-0.1, -0.05) is 0 Å². The number of esters is 1. The van der Waals surface area contributed by atoms with Crippen LogP contribution in [0.15, 0.2) is 47.4 Å². The second-order valence-electron chi connectivity index (χ2n) is 10.9. The van der Waals surface area contributed by atoms with Crippen LogP contribution in [-0.2, 0) is 23.6 Å². The molecule has 2 saturated heterocycles. The molecule has 0 unspecified atom stereocenters. The maximum absolute atomic E-state index is 15.2. The number of ether oxygens (including phenoxy) is 2. The Labute approximate surface area is 252 Å². The zero-order valence-corrected chi connectivity index (χ0v) is 25.7. The van der Waals surface area contributed by atoms with Crippen molar-refractivity contribution < 1.29 is 46.9 Å². The molecule has 3 heterocycles. The molecule has 1 aromatic carbocycles. The zero-order chi connectivity index (χ0) is 32.2. The fraction of sp³-hybridized carbons (Fsp3) is 0.556. The van der Waals surface area contributed by atoms with Gasteiger partial charge in [-0.25, -0.2) is 0 Å². The number of carbonyl (C=O) groups is 2. The molecule has 0 spiro atoms. The molecule has 2 fully saturated rings. The molecular formula is C27H38F2N5O9P. The predicted molar refractivity (Wildman–Crippen MR) is 155 cm³/mol. The van der Waals surface area contributed by atoms with Gasteiger partial charge in [-0.3, -0.25) is 4.90 Å². The van der Waals surface area contributed by atoms with E-state index in [1.165, 1.54) is 25.1 Å². The number of benzene rings is 1. The average molecular weight is 646 g/mol. The van der Waals surface area contributed by atoms with Crippen LogP contribution in [0.3, 0.4) is 0 Å². The van der Waals surface area contributed by atoms with Gasteiger partial charge in [0.25, 0.3) is 0 Å². The molecule has 2 aliphatic rings. The van der Waals surface area contributed by atoms with Crippen LogP contribution in [0.2, 0.25) is 0 Å². The van der Waals surface area contributed by atoms with Crippen molar-refractivity contribution in [2.45, 2.75) is 76.2 Å². The zero-order valence-electron chi connectivity index (χ0n) is 24.7. The Hall–Kier alpha value is -3.11. The number of nitrogens with one attached hydrogen (secondary N) is 2. The third kappa shape index (κ3) is 7.93. The number of anilines is 1. The van der Waals surface area contributed by atoms with Crippen molar-refractivity contribution in [1.29, 1.82) is 0 Å². The van der Waals surface area contributed by atoms with E-state index < -0.39 is 68.9 Å². The van der Waals surface area contributed by atoms with Crippen molar-refractivity contribution in [3.63, 3.8) is 0 Å². The third-order valence-corrected chi connectivity index (χ3v) is 8.95. The first kappa shape index (κ1) is 33.8. The molecule has 0 radical (unpaired) electrons. The van der Waals surface area contributed by atoms with Crippen molar-refractivity contribution in [1.82, 2.24) is 19.5 Å². The number of para-hydroxylation sites is 1. The average Bonchev–Trinajstić information content (AvgIpc) is 3.48. The Balaban J connectivity index is 1.47. The van der Waals surface area contributed by atoms with E-state index in [-0.39, 0.29) is 17.5 Å². The Kier molecular flexibility index (Phi) is 10.7. The SMILES string of the molecule is CC(C)OC(=O)[C@H](C)N[PH](O)(OC[C@H]1O[C@@H](n2ccc(NC(=O)[C@@H]3CCCN3C)nc2=O)C(F)(F)[C@@H]1O)Oc1ccccc1. The van der Waals surface area contributed by atoms with Gasteiger partial charge in [0.15, 0.2) is 0 Å². The van der Waals surface area contributed by atoms with Gasteiger partial charge in [0.1, 0.15) is 0 Å². The Morgan fingerprint density at radius 3 is 2.55 bits per heavy atom. The summed E-state index contributed by atoms with van der Waals surface area (Å²) in [7, 11) is -2.78. The fourth-order valence-corrected chi connectivity index (χ4v) is 6.54. The number of hydrogen-bond donors (Lipinski definition) is 4. The van der Waals surface area contributed by atoms with Crippen LogP contribution >= 0.6 is 8.09 Å². The van der Waals surface area contributed by atoms with Gasteiger partial charge in [0.05, 0.1) is 0 Å². The molecule has 244 valence electrons. The van der Waals surface area contributed by atoms with Crippen molar-refractivity contribution in [3.8, 4) is 5.75 Å². The number of nitrogens with zero attached hydrogens (tertiary/aromatic N) is 3. The summed E-state index contributed by atoms with van der Waals surface area (Å²) in [5.74, 6) is -5.06. The number of rotatable bonds is 12. The molecule has 0 bridgehead atoms. The summed E-state index contributed by atoms with van der Waals surface area (Å²) in [6.07, 6.45) is -4.49. The number of hydrogen-bond acceptors (Lipinski definition) is 12. The number of carbonyl (C=O) groups excluding carboxylic acids is 2. The molecular weight excluding hydrogens is 607 g/mol. The van der Waals surface area contributed by atoms with Gasteiger partial charge in [-0.15, -0.1) is 0 Å². The van der Waals surface area contributed by atoms with Crippen molar-refractivity contribution in [2.75, 3.05) is 25.5 Å². The second-order valence-corrected chi connectivity index (χ2v) is 12.9. The molecule has 2 aliphatic heterocycles. The fourth-order valence-electron chi connectivity index (χ4n) is 4.83. The Morgan fingerprint density at radius 2 is 1.93 bits per heavy atom. The summed E-state index contributed by atoms with van der Waals surface area (Å²) in [5.41, 5.74) is -1.15. The van der Waals surface area contributed by atoms with E-state index in [2.05, 4.69) is 15.4 Å². The molecule has 5 atom stereocenters. The quantitative estimate of drug-likeness (QED) is 0.194. The van der Waals surface area contributed by atoms with E-state index in [1.54, 1.807) is 39.1 Å². The molecule has 0 saturated carbocycles. The van der Waals surface area contributed by atoms with E-state index in [0.29, 0.717) is 11.0 Å². The maximum atomic E-state index is 15.2. The van der Waals surface area contributed by atoms with Crippen LogP contribution in [0.4, 0.5) is 14.6 Å². The molecule has 4 N–H and O–H groups in total. The normalized spacial score (nSPS) is 24.7. The van der Waals surface area contributed by atoms with Crippen molar-refractivity contribution >= 4 is 25.8 Å². The number of aromatic nitrogens is 2. The van der Waals surface area contributed by atoms with Gasteiger partial charge in [0.2, 0.25) is 0 Å². The van der Waals surface area contributed by atoms with Crippen LogP contribution in [0.5, 0.6) is 5.75 Å². The number of aliphatic hydroxyl groups excluding tert-OH is 1. The summed E-state index contributed by atoms with van der Waals surface area (Å²) >= 11 is 0. The summed E-state index contributed by atoms with van der Waals surface area (Å²) in [5, 5.41) is 15.5. The summed E-state index contributed by atoms with van der Waals surface area (Å²) < 4.78 is 52.6. The van der Waals surface area contributed by atoms with Gasteiger partial charge >= 0.3 is 221 Å². The minimum atomic E-state index is -4.57. The van der Waals surface area contributed by atoms with Crippen LogP contribution in [0.25, 0.3) is 0 Å². The van der Waals surface area contributed by atoms with E-state index in [0.717, 1.165) is 19.2 Å². The van der Waals surface area contributed by atoms with Crippen LogP contribution in [0.1, 0.15) is 39.8 Å². The van der Waals surface area contributed by atoms with E-state index in [9.17, 15) is 24.4 Å². The Bertz CT molecular complexity index is 1370. The number of amides is 1. The van der Waals surface area contributed by atoms with Crippen molar-refractivity contribution in [3.05, 3.63) is 53.1 Å². The van der Waals surface area contributed by atoms with Gasteiger partial charge in [0, 0.05) is 0 Å². The Morgan fingerprint density at radius 1 is 1.23 bits per heavy atom. The first-order valence-corrected chi connectivity index (χ1v) is 15.9. The summed E-state index contributed by atoms with van der Waals surface area (Å²) in [6.45, 7) is 4.60. The molecule has 1 aromatic heterocycles. The summed E-state index contributed by atoms with van der Waals surface area (Å²) in [6, 6.07) is 7.58.